The summed E-state index contributed by atoms with van der Waals surface area (Å²) in [5.41, 5.74) is 0. The van der Waals surface area contributed by atoms with Crippen molar-refractivity contribution in [2.24, 2.45) is 0 Å². The zero-order chi connectivity index (χ0) is 4.50. The second-order valence-corrected chi connectivity index (χ2v) is 1.54. The molecule has 0 spiro atoms. The van der Waals surface area contributed by atoms with E-state index in [1.54, 1.807) is 0 Å². The molecule has 0 aliphatic heterocycles. The van der Waals surface area contributed by atoms with Crippen molar-refractivity contribution in [3.05, 3.63) is 0 Å². The first-order valence-corrected chi connectivity index (χ1v) is 2.35. The molecule has 0 rings (SSSR count). The van der Waals surface area contributed by atoms with E-state index in [-0.39, 0.29) is 10.1 Å². The van der Waals surface area contributed by atoms with Gasteiger partial charge in [0.15, 0.2) is 0 Å². The van der Waals surface area contributed by atoms with Crippen LogP contribution in [0.25, 0.3) is 0 Å². The van der Waals surface area contributed by atoms with Gasteiger partial charge in [-0.2, -0.15) is 0 Å². The Balaban J connectivity index is 0. The van der Waals surface area contributed by atoms with E-state index >= 15 is 0 Å². The fraction of sp³-hybridized carbons (Fsp3) is 0. The van der Waals surface area contributed by atoms with Gasteiger partial charge in [0.2, 0.25) is 0 Å². The molecule has 36 valence electrons. The minimum atomic E-state index is -4.64. The monoisotopic (exact) mass is 109 g/mol. The predicted molar refractivity (Wildman–Crippen MR) is 22.8 cm³/mol. The molecule has 6 heavy (non-hydrogen) atoms. The van der Waals surface area contributed by atoms with Gasteiger partial charge in [-0.15, -0.1) is 0 Å². The van der Waals surface area contributed by atoms with E-state index in [9.17, 15) is 0 Å². The van der Waals surface area contributed by atoms with Crippen LogP contribution in [0.5, 0.6) is 0 Å². The number of hydrogen-bond donors (Lipinski definition) is 3. The van der Waals surface area contributed by atoms with Crippen LogP contribution in [0.3, 0.4) is 0 Å². The van der Waals surface area contributed by atoms with Crippen LogP contribution in [0.2, 0.25) is 0 Å². The number of hydrogen-bond acceptors (Lipinski definition) is 1. The van der Waals surface area contributed by atoms with Crippen LogP contribution in [0, 0.1) is 0 Å². The van der Waals surface area contributed by atoms with Crippen LogP contribution in [0.4, 0.5) is 0 Å². The first kappa shape index (κ1) is 9.56. The molecule has 6 heteroatoms. The Hall–Kier alpha value is 0.279. The van der Waals surface area contributed by atoms with Crippen molar-refractivity contribution in [3.8, 4) is 0 Å². The first-order chi connectivity index (χ1) is 2.00. The van der Waals surface area contributed by atoms with E-state index in [2.05, 4.69) is 0 Å². The van der Waals surface area contributed by atoms with Gasteiger partial charge < -0.3 is 14.7 Å². The predicted octanol–water partition coefficient (Wildman–Crippen LogP) is -1.84. The number of phosphoric acid groups is 1. The average Bonchev–Trinajstić information content (AvgIpc) is 0.722. The van der Waals surface area contributed by atoms with Crippen molar-refractivity contribution < 1.29 is 19.2 Å². The molecule has 0 aromatic heterocycles. The van der Waals surface area contributed by atoms with Crippen LogP contribution in [0.1, 0.15) is 0 Å². The third kappa shape index (κ3) is 592. The molecule has 0 atom stereocenters. The molecule has 0 aromatic carbocycles. The summed E-state index contributed by atoms with van der Waals surface area (Å²) in [6.45, 7) is 0. The molecule has 0 fully saturated rings. The summed E-state index contributed by atoms with van der Waals surface area (Å²) >= 11 is 0. The summed E-state index contributed by atoms with van der Waals surface area (Å²) in [5, 5.41) is 0. The second kappa shape index (κ2) is 2.45. The van der Waals surface area contributed by atoms with Crippen LogP contribution in [-0.2, 0) is 4.57 Å². The molecule has 0 unspecified atom stereocenters. The first-order valence-electron chi connectivity index (χ1n) is 0.783. The van der Waals surface area contributed by atoms with E-state index in [0.717, 1.165) is 0 Å². The van der Waals surface area contributed by atoms with Gasteiger partial charge >= 0.3 is 17.9 Å². The van der Waals surface area contributed by atoms with E-state index in [1.165, 1.54) is 0 Å². The van der Waals surface area contributed by atoms with E-state index < -0.39 is 7.82 Å². The normalized spacial score (nSPS) is 9.83. The molecule has 0 amide bonds. The Morgan fingerprint density at radius 3 is 1.17 bits per heavy atom. The van der Waals surface area contributed by atoms with Gasteiger partial charge in [-0.05, 0) is 0 Å². The molecule has 0 saturated heterocycles. The average molecular weight is 109 g/mol. The van der Waals surface area contributed by atoms with Gasteiger partial charge in [-0.25, -0.2) is 4.57 Å². The summed E-state index contributed by atoms with van der Waals surface area (Å²) in [4.78, 5) is 21.6. The molecule has 0 aliphatic rings. The van der Waals surface area contributed by atoms with Crippen molar-refractivity contribution in [1.29, 1.82) is 0 Å². The molecule has 3 N–H and O–H groups in total. The minimum absolute atomic E-state index is 0. The van der Waals surface area contributed by atoms with Gasteiger partial charge in [0.25, 0.3) is 0 Å². The van der Waals surface area contributed by atoms with Gasteiger partial charge in [0.05, 0.1) is 0 Å². The Kier molecular flexibility index (Phi) is 3.90. The maximum atomic E-state index is 8.88. The van der Waals surface area contributed by atoms with Crippen LogP contribution in [-0.4, -0.2) is 24.8 Å². The van der Waals surface area contributed by atoms with Crippen molar-refractivity contribution in [3.63, 3.8) is 0 Å². The van der Waals surface area contributed by atoms with Crippen LogP contribution >= 0.6 is 7.82 Å². The third-order valence-corrected chi connectivity index (χ3v) is 0. The fourth-order valence-electron chi connectivity index (χ4n) is 0. The molecule has 0 saturated carbocycles. The van der Waals surface area contributed by atoms with Crippen LogP contribution < -0.4 is 0 Å². The van der Waals surface area contributed by atoms with Crippen LogP contribution in [0.15, 0.2) is 0 Å². The van der Waals surface area contributed by atoms with Gasteiger partial charge in [-0.3, -0.25) is 0 Å². The third-order valence-electron chi connectivity index (χ3n) is 0. The fourth-order valence-corrected chi connectivity index (χ4v) is 0. The van der Waals surface area contributed by atoms with Crippen molar-refractivity contribution in [2.75, 3.05) is 0 Å². The summed E-state index contributed by atoms with van der Waals surface area (Å²) in [5.74, 6) is 0. The molecule has 0 radical (unpaired) electrons. The standard InChI is InChI=1S/Be.H3O4P.2H/c;1-5(2,3)4;;/h;(H3,1,2,3,4);;. The molecular formula is H5BeO4P. The van der Waals surface area contributed by atoms with E-state index in [4.69, 9.17) is 19.2 Å². The Labute approximate surface area is 38.3 Å². The van der Waals surface area contributed by atoms with E-state index in [1.807, 2.05) is 0 Å². The number of rotatable bonds is 0. The molecule has 0 heterocycles. The summed E-state index contributed by atoms with van der Waals surface area (Å²) in [6, 6.07) is 0. The maximum absolute atomic E-state index is 8.88. The van der Waals surface area contributed by atoms with E-state index in [0.29, 0.717) is 0 Å². The SMILES string of the molecule is O=P(O)(O)O.[BeH2]. The van der Waals surface area contributed by atoms with Crippen molar-refractivity contribution in [2.45, 2.75) is 0 Å². The molecule has 0 bridgehead atoms. The van der Waals surface area contributed by atoms with Crippen molar-refractivity contribution in [1.82, 2.24) is 0 Å². The van der Waals surface area contributed by atoms with Gasteiger partial charge in [0, 0.05) is 0 Å². The van der Waals surface area contributed by atoms with Gasteiger partial charge in [-0.1, -0.05) is 0 Å². The summed E-state index contributed by atoms with van der Waals surface area (Å²) in [7, 11) is -4.64. The zero-order valence-electron chi connectivity index (χ0n) is 2.20. The Bertz CT molecular complexity index is 53.7. The summed E-state index contributed by atoms with van der Waals surface area (Å²) in [6.07, 6.45) is 0. The molecular weight excluding hydrogens is 104 g/mol. The molecule has 0 aromatic rings. The summed E-state index contributed by atoms with van der Waals surface area (Å²) < 4.78 is 8.88. The zero-order valence-corrected chi connectivity index (χ0v) is 3.09. The molecule has 4 nitrogen and oxygen atoms in total. The Morgan fingerprint density at radius 1 is 1.17 bits per heavy atom. The topological polar surface area (TPSA) is 77.8 Å². The quantitative estimate of drug-likeness (QED) is 0.252. The van der Waals surface area contributed by atoms with Gasteiger partial charge in [0.1, 0.15) is 0 Å². The van der Waals surface area contributed by atoms with Crippen molar-refractivity contribution >= 4 is 17.9 Å². The second-order valence-electron chi connectivity index (χ2n) is 0.513. The molecule has 0 aliphatic carbocycles. The Morgan fingerprint density at radius 2 is 1.17 bits per heavy atom.